The Morgan fingerprint density at radius 3 is 2.50 bits per heavy atom. The molecule has 0 unspecified atom stereocenters. The van der Waals surface area contributed by atoms with Gasteiger partial charge in [-0.15, -0.1) is 0 Å². The average Bonchev–Trinajstić information content (AvgIpc) is 2.22. The molecule has 3 heteroatoms. The van der Waals surface area contributed by atoms with Gasteiger partial charge in [-0.1, -0.05) is 13.8 Å². The van der Waals surface area contributed by atoms with Gasteiger partial charge in [0, 0.05) is 18.9 Å². The molecule has 1 fully saturated rings. The molecule has 0 N–H and O–H groups in total. The van der Waals surface area contributed by atoms with Gasteiger partial charge in [0.15, 0.2) is 0 Å². The highest BCUT2D eigenvalue weighted by atomic mass is 16.6. The molecule has 0 aromatic rings. The molecule has 3 nitrogen and oxygen atoms in total. The van der Waals surface area contributed by atoms with Crippen molar-refractivity contribution in [1.82, 2.24) is 0 Å². The largest absolute Gasteiger partial charge is 0.451 e. The fourth-order valence-corrected chi connectivity index (χ4v) is 2.65. The summed E-state index contributed by atoms with van der Waals surface area (Å²) in [7, 11) is 0. The lowest BCUT2D eigenvalue weighted by Gasteiger charge is -2.40. The van der Waals surface area contributed by atoms with Crippen molar-refractivity contribution in [3.05, 3.63) is 11.6 Å². The van der Waals surface area contributed by atoms with E-state index in [0.717, 1.165) is 5.57 Å². The molecular weight excluding hydrogens is 180 g/mol. The lowest BCUT2D eigenvalue weighted by molar-refractivity contribution is -0.149. The topological polar surface area (TPSA) is 43.4 Å². The summed E-state index contributed by atoms with van der Waals surface area (Å²) in [5.41, 5.74) is 0.0567. The van der Waals surface area contributed by atoms with Crippen LogP contribution >= 0.6 is 0 Å². The monoisotopic (exact) mass is 194 g/mol. The predicted molar refractivity (Wildman–Crippen MR) is 50.6 cm³/mol. The van der Waals surface area contributed by atoms with E-state index in [2.05, 4.69) is 0 Å². The van der Waals surface area contributed by atoms with Crippen molar-refractivity contribution in [2.45, 2.75) is 39.2 Å². The number of hydrogen-bond donors (Lipinski definition) is 0. The molecule has 1 aliphatic heterocycles. The molecule has 0 bridgehead atoms. The van der Waals surface area contributed by atoms with Crippen molar-refractivity contribution < 1.29 is 14.3 Å². The summed E-state index contributed by atoms with van der Waals surface area (Å²) >= 11 is 0. The molecule has 76 valence electrons. The van der Waals surface area contributed by atoms with Crippen LogP contribution in [-0.2, 0) is 14.3 Å². The third-order valence-electron chi connectivity index (χ3n) is 3.06. The highest BCUT2D eigenvalue weighted by Gasteiger charge is 2.51. The molecule has 2 aliphatic rings. The van der Waals surface area contributed by atoms with E-state index in [9.17, 15) is 9.59 Å². The summed E-state index contributed by atoms with van der Waals surface area (Å²) < 4.78 is 5.21. The summed E-state index contributed by atoms with van der Waals surface area (Å²) in [6, 6.07) is 0. The van der Waals surface area contributed by atoms with Crippen LogP contribution in [0.25, 0.3) is 0 Å². The first kappa shape index (κ1) is 9.44. The molecule has 0 spiro atoms. The molecular formula is C11H14O3. The van der Waals surface area contributed by atoms with Gasteiger partial charge in [-0.3, -0.25) is 4.79 Å². The fraction of sp³-hybridized carbons (Fsp3) is 0.636. The smallest absolute Gasteiger partial charge is 0.331 e. The Morgan fingerprint density at radius 1 is 1.21 bits per heavy atom. The van der Waals surface area contributed by atoms with Gasteiger partial charge in [0.1, 0.15) is 11.4 Å². The highest BCUT2D eigenvalue weighted by Crippen LogP contribution is 2.48. The maximum Gasteiger partial charge on any atom is 0.331 e. The molecule has 1 atom stereocenters. The van der Waals surface area contributed by atoms with E-state index in [1.807, 2.05) is 20.8 Å². The van der Waals surface area contributed by atoms with Crippen LogP contribution in [-0.4, -0.2) is 17.4 Å². The van der Waals surface area contributed by atoms with Gasteiger partial charge < -0.3 is 4.74 Å². The van der Waals surface area contributed by atoms with Crippen LogP contribution in [0.3, 0.4) is 0 Å². The molecule has 0 saturated heterocycles. The molecule has 0 aromatic carbocycles. The first-order valence-corrected chi connectivity index (χ1v) is 4.81. The minimum absolute atomic E-state index is 0.171. The van der Waals surface area contributed by atoms with Crippen molar-refractivity contribution in [2.75, 3.05) is 0 Å². The third-order valence-corrected chi connectivity index (χ3v) is 3.06. The van der Waals surface area contributed by atoms with Crippen LogP contribution in [0.1, 0.15) is 33.6 Å². The van der Waals surface area contributed by atoms with Crippen LogP contribution < -0.4 is 0 Å². The minimum atomic E-state index is -0.671. The number of carbonyl (C=O) groups excluding carboxylic acids is 2. The van der Waals surface area contributed by atoms with Crippen molar-refractivity contribution >= 4 is 11.8 Å². The van der Waals surface area contributed by atoms with E-state index in [-0.39, 0.29) is 17.2 Å². The number of esters is 1. The second kappa shape index (κ2) is 2.47. The third kappa shape index (κ3) is 1.19. The Morgan fingerprint density at radius 2 is 1.86 bits per heavy atom. The van der Waals surface area contributed by atoms with Crippen molar-refractivity contribution in [2.24, 2.45) is 5.41 Å². The first-order chi connectivity index (χ1) is 6.33. The number of ether oxygens (including phenoxy) is 1. The van der Waals surface area contributed by atoms with Crippen LogP contribution in [0.2, 0.25) is 0 Å². The Balaban J connectivity index is 2.48. The summed E-state index contributed by atoms with van der Waals surface area (Å²) in [6.07, 6.45) is 2.38. The number of carbonyl (C=O) groups is 2. The lowest BCUT2D eigenvalue weighted by Crippen LogP contribution is -2.43. The molecule has 1 heterocycles. The van der Waals surface area contributed by atoms with E-state index in [4.69, 9.17) is 4.74 Å². The summed E-state index contributed by atoms with van der Waals surface area (Å²) in [4.78, 5) is 22.7. The van der Waals surface area contributed by atoms with Crippen molar-refractivity contribution in [3.63, 3.8) is 0 Å². The fourth-order valence-electron chi connectivity index (χ4n) is 2.65. The molecule has 0 aromatic heterocycles. The van der Waals surface area contributed by atoms with Gasteiger partial charge >= 0.3 is 5.97 Å². The van der Waals surface area contributed by atoms with Crippen LogP contribution in [0.4, 0.5) is 0 Å². The summed E-state index contributed by atoms with van der Waals surface area (Å²) in [5, 5.41) is 0. The number of Topliss-reactive ketones (excluding diaryl/α,β-unsaturated/α-hetero) is 1. The molecule has 0 radical (unpaired) electrons. The zero-order chi connectivity index (χ0) is 10.6. The molecule has 2 rings (SSSR count). The Kier molecular flexibility index (Phi) is 1.66. The van der Waals surface area contributed by atoms with Crippen molar-refractivity contribution in [1.29, 1.82) is 0 Å². The number of rotatable bonds is 0. The number of ketones is 1. The highest BCUT2D eigenvalue weighted by molar-refractivity contribution is 5.91. The van der Waals surface area contributed by atoms with E-state index < -0.39 is 5.60 Å². The lowest BCUT2D eigenvalue weighted by atomic mass is 9.66. The van der Waals surface area contributed by atoms with Crippen LogP contribution in [0.15, 0.2) is 11.6 Å². The van der Waals surface area contributed by atoms with Gasteiger partial charge in [-0.25, -0.2) is 4.79 Å². The molecule has 1 saturated carbocycles. The van der Waals surface area contributed by atoms with E-state index >= 15 is 0 Å². The normalized spacial score (nSPS) is 34.9. The van der Waals surface area contributed by atoms with Crippen LogP contribution in [0.5, 0.6) is 0 Å². The quantitative estimate of drug-likeness (QED) is 0.550. The molecule has 0 amide bonds. The minimum Gasteiger partial charge on any atom is -0.451 e. The van der Waals surface area contributed by atoms with Crippen molar-refractivity contribution in [3.8, 4) is 0 Å². The Hall–Kier alpha value is -1.12. The van der Waals surface area contributed by atoms with Crippen LogP contribution in [0, 0.1) is 5.41 Å². The Bertz CT molecular complexity index is 352. The predicted octanol–water partition coefficient (Wildman–Crippen LogP) is 1.62. The molecule has 1 aliphatic carbocycles. The van der Waals surface area contributed by atoms with E-state index in [0.29, 0.717) is 12.8 Å². The Labute approximate surface area is 83.1 Å². The van der Waals surface area contributed by atoms with Gasteiger partial charge in [0.25, 0.3) is 0 Å². The zero-order valence-electron chi connectivity index (χ0n) is 8.72. The number of fused-ring (bicyclic) bond motifs is 1. The van der Waals surface area contributed by atoms with Gasteiger partial charge in [0.05, 0.1) is 0 Å². The maximum absolute atomic E-state index is 11.5. The first-order valence-electron chi connectivity index (χ1n) is 4.81. The van der Waals surface area contributed by atoms with Gasteiger partial charge in [-0.2, -0.15) is 0 Å². The SMILES string of the molecule is CC1(C)CC(=O)C[C@]2(C)OC(=O)C=C12. The number of hydrogen-bond acceptors (Lipinski definition) is 3. The standard InChI is InChI=1S/C11H14O3/c1-10(2)5-7(12)6-11(3)8(10)4-9(13)14-11/h4H,5-6H2,1-3H3/t11-/m0/s1. The van der Waals surface area contributed by atoms with Gasteiger partial charge in [0.2, 0.25) is 0 Å². The summed E-state index contributed by atoms with van der Waals surface area (Å²) in [6.45, 7) is 5.79. The van der Waals surface area contributed by atoms with Gasteiger partial charge in [-0.05, 0) is 17.9 Å². The van der Waals surface area contributed by atoms with E-state index in [1.165, 1.54) is 0 Å². The summed E-state index contributed by atoms with van der Waals surface area (Å²) in [5.74, 6) is -0.144. The second-order valence-corrected chi connectivity index (χ2v) is 4.99. The molecule has 14 heavy (non-hydrogen) atoms. The average molecular weight is 194 g/mol. The second-order valence-electron chi connectivity index (χ2n) is 4.99. The van der Waals surface area contributed by atoms with E-state index in [1.54, 1.807) is 6.08 Å². The zero-order valence-corrected chi connectivity index (χ0v) is 8.72. The maximum atomic E-state index is 11.5.